The number of carbonyl (C=O) groups excluding carboxylic acids is 1. The Morgan fingerprint density at radius 3 is 2.74 bits per heavy atom. The van der Waals surface area contributed by atoms with E-state index in [-0.39, 0.29) is 5.78 Å². The number of alkyl halides is 1. The molecule has 2 atom stereocenters. The second kappa shape index (κ2) is 5.78. The van der Waals surface area contributed by atoms with Crippen molar-refractivity contribution < 1.29 is 9.90 Å². The zero-order valence-corrected chi connectivity index (χ0v) is 15.7. The number of Topliss-reactive ketones (excluding diaryl/α,β-unsaturated/α-hetero) is 1. The van der Waals surface area contributed by atoms with Gasteiger partial charge in [-0.05, 0) is 18.6 Å². The highest BCUT2D eigenvalue weighted by atomic mass is 35.5. The molecule has 1 N–H and O–H groups in total. The number of hydrogen-bond acceptors (Lipinski definition) is 3. The van der Waals surface area contributed by atoms with Gasteiger partial charge in [-0.3, -0.25) is 4.79 Å². The van der Waals surface area contributed by atoms with Gasteiger partial charge in [0.1, 0.15) is 11.1 Å². The molecule has 136 valence electrons. The Labute approximate surface area is 162 Å². The number of ketones is 1. The first-order valence-electron chi connectivity index (χ1n) is 9.30. The molecule has 0 unspecified atom stereocenters. The molecule has 1 aliphatic heterocycles. The summed E-state index contributed by atoms with van der Waals surface area (Å²) in [5.74, 6) is -0.240. The van der Waals surface area contributed by atoms with Crippen LogP contribution in [-0.2, 0) is 12.1 Å². The van der Waals surface area contributed by atoms with Gasteiger partial charge in [-0.1, -0.05) is 49.7 Å². The number of fused-ring (bicyclic) bond motifs is 7. The highest BCUT2D eigenvalue weighted by molar-refractivity contribution is 6.43. The quantitative estimate of drug-likeness (QED) is 0.679. The van der Waals surface area contributed by atoms with E-state index in [9.17, 15) is 9.90 Å². The van der Waals surface area contributed by atoms with Gasteiger partial charge in [0, 0.05) is 23.0 Å². The number of hydrogen-bond donors (Lipinski definition) is 1. The molecule has 0 bridgehead atoms. The number of benzene rings is 2. The van der Waals surface area contributed by atoms with Crippen molar-refractivity contribution in [1.82, 2.24) is 4.57 Å². The van der Waals surface area contributed by atoms with Crippen molar-refractivity contribution in [2.24, 2.45) is 4.99 Å². The van der Waals surface area contributed by atoms with Gasteiger partial charge in [0.15, 0.2) is 11.4 Å². The summed E-state index contributed by atoms with van der Waals surface area (Å²) in [5.41, 5.74) is 2.45. The Bertz CT molecular complexity index is 1130. The van der Waals surface area contributed by atoms with E-state index in [2.05, 4.69) is 11.5 Å². The number of aliphatic hydroxyl groups is 1. The summed E-state index contributed by atoms with van der Waals surface area (Å²) in [6, 6.07) is 15.2. The van der Waals surface area contributed by atoms with Crippen LogP contribution in [0, 0.1) is 0 Å². The van der Waals surface area contributed by atoms with Gasteiger partial charge in [-0.15, -0.1) is 11.6 Å². The summed E-state index contributed by atoms with van der Waals surface area (Å²) < 4.78 is 2.13. The lowest BCUT2D eigenvalue weighted by Crippen LogP contribution is -2.51. The number of aryl methyl sites for hydroxylation is 1. The van der Waals surface area contributed by atoms with Gasteiger partial charge in [-0.2, -0.15) is 0 Å². The Kier molecular flexibility index (Phi) is 3.58. The van der Waals surface area contributed by atoms with Crippen molar-refractivity contribution in [2.45, 2.75) is 37.3 Å². The van der Waals surface area contributed by atoms with Crippen molar-refractivity contribution in [3.63, 3.8) is 0 Å². The molecule has 4 nitrogen and oxygen atoms in total. The Hall–Kier alpha value is -2.43. The number of aliphatic imine (C=N–C) groups is 1. The van der Waals surface area contributed by atoms with Gasteiger partial charge in [0.2, 0.25) is 0 Å². The van der Waals surface area contributed by atoms with Crippen molar-refractivity contribution in [3.8, 4) is 0 Å². The molecule has 0 spiro atoms. The van der Waals surface area contributed by atoms with E-state index in [0.29, 0.717) is 28.2 Å². The van der Waals surface area contributed by atoms with Crippen LogP contribution in [0.15, 0.2) is 53.5 Å². The summed E-state index contributed by atoms with van der Waals surface area (Å²) in [5, 5.41) is 11.4. The molecular weight excluding hydrogens is 360 g/mol. The SMILES string of the molecule is CCCCn1c2c(c3ccccc31)C(=O)[C@H](Cl)[C@]1(O)C2=Nc2ccccc21. The van der Waals surface area contributed by atoms with Crippen LogP contribution in [0.4, 0.5) is 5.69 Å². The first-order valence-corrected chi connectivity index (χ1v) is 9.73. The second-order valence-corrected chi connectivity index (χ2v) is 7.65. The van der Waals surface area contributed by atoms with Crippen molar-refractivity contribution in [3.05, 3.63) is 65.4 Å². The summed E-state index contributed by atoms with van der Waals surface area (Å²) in [4.78, 5) is 18.1. The summed E-state index contributed by atoms with van der Waals surface area (Å²) in [7, 11) is 0. The number of rotatable bonds is 3. The standard InChI is InChI=1S/C22H19ClN2O2/c1-2-3-12-25-16-11-7-4-8-13(16)17-18(25)21-22(27,20(23)19(17)26)14-9-5-6-10-15(14)24-21/h4-11,20,27H,2-3,12H2,1H3/t20-,22-/m0/s1. The van der Waals surface area contributed by atoms with E-state index < -0.39 is 11.0 Å². The van der Waals surface area contributed by atoms with E-state index in [0.717, 1.165) is 30.3 Å². The van der Waals surface area contributed by atoms with Crippen LogP contribution in [0.2, 0.25) is 0 Å². The van der Waals surface area contributed by atoms with Crippen LogP contribution in [0.3, 0.4) is 0 Å². The highest BCUT2D eigenvalue weighted by Gasteiger charge is 2.56. The molecule has 1 aromatic heterocycles. The number of unbranched alkanes of at least 4 members (excludes halogenated alkanes) is 1. The highest BCUT2D eigenvalue weighted by Crippen LogP contribution is 2.50. The van der Waals surface area contributed by atoms with Gasteiger partial charge in [0.05, 0.1) is 16.9 Å². The molecule has 0 fully saturated rings. The van der Waals surface area contributed by atoms with Crippen LogP contribution >= 0.6 is 11.6 Å². The summed E-state index contributed by atoms with van der Waals surface area (Å²) in [6.07, 6.45) is 2.01. The number of aromatic nitrogens is 1. The Balaban J connectivity index is 1.88. The van der Waals surface area contributed by atoms with Gasteiger partial charge >= 0.3 is 0 Å². The average molecular weight is 379 g/mol. The minimum Gasteiger partial charge on any atom is -0.377 e. The van der Waals surface area contributed by atoms with Crippen LogP contribution in [0.1, 0.15) is 41.4 Å². The van der Waals surface area contributed by atoms with Crippen molar-refractivity contribution in [1.29, 1.82) is 0 Å². The van der Waals surface area contributed by atoms with E-state index in [1.165, 1.54) is 0 Å². The lowest BCUT2D eigenvalue weighted by molar-refractivity contribution is 0.0744. The molecule has 1 aliphatic carbocycles. The number of para-hydroxylation sites is 2. The monoisotopic (exact) mass is 378 g/mol. The number of nitrogens with zero attached hydrogens (tertiary/aromatic N) is 2. The van der Waals surface area contributed by atoms with Crippen LogP contribution in [-0.4, -0.2) is 26.5 Å². The minimum absolute atomic E-state index is 0.240. The molecule has 5 heteroatoms. The predicted octanol–water partition coefficient (Wildman–Crippen LogP) is 4.57. The molecule has 27 heavy (non-hydrogen) atoms. The zero-order valence-electron chi connectivity index (χ0n) is 14.9. The molecule has 2 aliphatic rings. The van der Waals surface area contributed by atoms with E-state index in [1.54, 1.807) is 6.07 Å². The zero-order chi connectivity index (χ0) is 18.8. The van der Waals surface area contributed by atoms with Crippen LogP contribution in [0.25, 0.3) is 10.9 Å². The average Bonchev–Trinajstić information content (AvgIpc) is 3.18. The molecular formula is C22H19ClN2O2. The third-order valence-electron chi connectivity index (χ3n) is 5.68. The molecule has 0 amide bonds. The lowest BCUT2D eigenvalue weighted by Gasteiger charge is -2.34. The second-order valence-electron chi connectivity index (χ2n) is 7.22. The fourth-order valence-corrected chi connectivity index (χ4v) is 4.71. The predicted molar refractivity (Wildman–Crippen MR) is 107 cm³/mol. The first kappa shape index (κ1) is 16.7. The summed E-state index contributed by atoms with van der Waals surface area (Å²) >= 11 is 6.59. The van der Waals surface area contributed by atoms with E-state index in [4.69, 9.17) is 16.6 Å². The third kappa shape index (κ3) is 2.03. The Morgan fingerprint density at radius 1 is 1.19 bits per heavy atom. The smallest absolute Gasteiger partial charge is 0.187 e. The largest absolute Gasteiger partial charge is 0.377 e. The molecule has 3 aromatic rings. The molecule has 0 saturated carbocycles. The number of carbonyl (C=O) groups is 1. The molecule has 2 heterocycles. The lowest BCUT2D eigenvalue weighted by atomic mass is 9.77. The van der Waals surface area contributed by atoms with Crippen LogP contribution in [0.5, 0.6) is 0 Å². The van der Waals surface area contributed by atoms with Crippen molar-refractivity contribution in [2.75, 3.05) is 0 Å². The van der Waals surface area contributed by atoms with Gasteiger partial charge in [0.25, 0.3) is 0 Å². The molecule has 0 radical (unpaired) electrons. The first-order chi connectivity index (χ1) is 13.1. The van der Waals surface area contributed by atoms with Crippen LogP contribution < -0.4 is 0 Å². The minimum atomic E-state index is -1.60. The van der Waals surface area contributed by atoms with Gasteiger partial charge < -0.3 is 9.67 Å². The third-order valence-corrected chi connectivity index (χ3v) is 6.20. The number of halogens is 1. The maximum absolute atomic E-state index is 13.3. The molecule has 2 aromatic carbocycles. The van der Waals surface area contributed by atoms with E-state index in [1.807, 2.05) is 42.5 Å². The van der Waals surface area contributed by atoms with Crippen molar-refractivity contribution >= 4 is 39.7 Å². The molecule has 0 saturated heterocycles. The normalized spacial score (nSPS) is 23.1. The fraction of sp³-hybridized carbons (Fsp3) is 0.273. The maximum Gasteiger partial charge on any atom is 0.187 e. The van der Waals surface area contributed by atoms with E-state index >= 15 is 0 Å². The Morgan fingerprint density at radius 2 is 1.93 bits per heavy atom. The van der Waals surface area contributed by atoms with Gasteiger partial charge in [-0.25, -0.2) is 4.99 Å². The fourth-order valence-electron chi connectivity index (χ4n) is 4.38. The summed E-state index contributed by atoms with van der Waals surface area (Å²) in [6.45, 7) is 2.90. The topological polar surface area (TPSA) is 54.6 Å². The molecule has 5 rings (SSSR count). The maximum atomic E-state index is 13.3.